The van der Waals surface area contributed by atoms with Crippen LogP contribution in [-0.2, 0) is 4.74 Å². The molecule has 2 heterocycles. The van der Waals surface area contributed by atoms with E-state index in [1.54, 1.807) is 9.80 Å². The molecule has 1 unspecified atom stereocenters. The minimum Gasteiger partial charge on any atom is -0.441 e. The predicted octanol–water partition coefficient (Wildman–Crippen LogP) is 4.09. The molecular weight excluding hydrogens is 359 g/mol. The molecule has 1 spiro atoms. The van der Waals surface area contributed by atoms with Crippen LogP contribution in [-0.4, -0.2) is 53.1 Å². The highest BCUT2D eigenvalue weighted by Gasteiger charge is 2.48. The van der Waals surface area contributed by atoms with E-state index in [1.807, 2.05) is 6.92 Å². The third kappa shape index (κ3) is 3.52. The second-order valence-electron chi connectivity index (χ2n) is 7.21. The van der Waals surface area contributed by atoms with Gasteiger partial charge in [-0.3, -0.25) is 4.79 Å². The van der Waals surface area contributed by atoms with Gasteiger partial charge in [0.05, 0.1) is 17.1 Å². The lowest BCUT2D eigenvalue weighted by molar-refractivity contribution is 0.00296. The van der Waals surface area contributed by atoms with Crippen LogP contribution in [0.3, 0.4) is 0 Å². The number of likely N-dealkylation sites (tertiary alicyclic amines) is 1. The van der Waals surface area contributed by atoms with Crippen LogP contribution in [0.15, 0.2) is 18.2 Å². The summed E-state index contributed by atoms with van der Waals surface area (Å²) >= 11 is 6.00. The van der Waals surface area contributed by atoms with Crippen LogP contribution in [0.1, 0.15) is 49.9 Å². The molecule has 1 aromatic carbocycles. The summed E-state index contributed by atoms with van der Waals surface area (Å²) in [6.07, 6.45) is 2.76. The summed E-state index contributed by atoms with van der Waals surface area (Å²) in [5.41, 5.74) is -0.638. The Bertz CT molecular complexity index is 684. The lowest BCUT2D eigenvalue weighted by Gasteiger charge is -2.37. The zero-order chi connectivity index (χ0) is 18.9. The number of benzene rings is 1. The maximum atomic E-state index is 14.0. The van der Waals surface area contributed by atoms with Gasteiger partial charge in [0.25, 0.3) is 5.91 Å². The molecule has 0 aromatic heterocycles. The molecule has 26 heavy (non-hydrogen) atoms. The molecule has 2 amide bonds. The number of halogens is 2. The van der Waals surface area contributed by atoms with Crippen molar-refractivity contribution in [2.75, 3.05) is 19.6 Å². The Morgan fingerprint density at radius 1 is 1.38 bits per heavy atom. The SMILES string of the molecule is CCCC(C)N1CC2(CCN(C(=O)c3c(F)cccc3Cl)CC2)OC1=O. The number of hydrogen-bond donors (Lipinski definition) is 0. The molecular formula is C19H24ClFN2O3. The van der Waals surface area contributed by atoms with Gasteiger partial charge in [0.15, 0.2) is 0 Å². The first-order valence-electron chi connectivity index (χ1n) is 9.10. The quantitative estimate of drug-likeness (QED) is 0.787. The monoisotopic (exact) mass is 382 g/mol. The highest BCUT2D eigenvalue weighted by atomic mass is 35.5. The molecule has 0 aliphatic carbocycles. The van der Waals surface area contributed by atoms with Crippen LogP contribution in [0, 0.1) is 5.82 Å². The van der Waals surface area contributed by atoms with Gasteiger partial charge in [0, 0.05) is 32.0 Å². The second-order valence-corrected chi connectivity index (χ2v) is 7.61. The van der Waals surface area contributed by atoms with Gasteiger partial charge in [-0.15, -0.1) is 0 Å². The molecule has 5 nitrogen and oxygen atoms in total. The average Bonchev–Trinajstić information content (AvgIpc) is 2.91. The van der Waals surface area contributed by atoms with Crippen molar-refractivity contribution in [2.24, 2.45) is 0 Å². The van der Waals surface area contributed by atoms with Crippen molar-refractivity contribution in [3.8, 4) is 0 Å². The van der Waals surface area contributed by atoms with Crippen molar-refractivity contribution >= 4 is 23.6 Å². The standard InChI is InChI=1S/C19H24ClFN2O3/c1-3-5-13(2)23-12-19(26-18(23)25)8-10-22(11-9-19)17(24)16-14(20)6-4-7-15(16)21/h4,6-7,13H,3,5,8-12H2,1-2H3. The summed E-state index contributed by atoms with van der Waals surface area (Å²) in [5.74, 6) is -1.03. The maximum Gasteiger partial charge on any atom is 0.410 e. The first kappa shape index (κ1) is 19.0. The summed E-state index contributed by atoms with van der Waals surface area (Å²) in [6.45, 7) is 5.49. The molecule has 2 aliphatic rings. The Labute approximate surface area is 158 Å². The molecule has 0 bridgehead atoms. The molecule has 0 saturated carbocycles. The van der Waals surface area contributed by atoms with Crippen molar-refractivity contribution in [1.82, 2.24) is 9.80 Å². The maximum absolute atomic E-state index is 14.0. The fourth-order valence-electron chi connectivity index (χ4n) is 3.80. The predicted molar refractivity (Wildman–Crippen MR) is 96.8 cm³/mol. The van der Waals surface area contributed by atoms with Crippen molar-refractivity contribution < 1.29 is 18.7 Å². The molecule has 0 N–H and O–H groups in total. The van der Waals surface area contributed by atoms with Crippen LogP contribution in [0.2, 0.25) is 5.02 Å². The van der Waals surface area contributed by atoms with E-state index in [0.717, 1.165) is 12.8 Å². The van der Waals surface area contributed by atoms with Crippen LogP contribution in [0.25, 0.3) is 0 Å². The summed E-state index contributed by atoms with van der Waals surface area (Å²) in [7, 11) is 0. The van der Waals surface area contributed by atoms with Crippen LogP contribution in [0.5, 0.6) is 0 Å². The number of amides is 2. The van der Waals surface area contributed by atoms with E-state index < -0.39 is 17.3 Å². The van der Waals surface area contributed by atoms with Gasteiger partial charge in [-0.05, 0) is 25.5 Å². The second kappa shape index (κ2) is 7.43. The van der Waals surface area contributed by atoms with Crippen molar-refractivity contribution in [3.63, 3.8) is 0 Å². The number of ether oxygens (including phenoxy) is 1. The van der Waals surface area contributed by atoms with E-state index in [9.17, 15) is 14.0 Å². The fraction of sp³-hybridized carbons (Fsp3) is 0.579. The summed E-state index contributed by atoms with van der Waals surface area (Å²) in [6, 6.07) is 4.36. The Kier molecular flexibility index (Phi) is 5.42. The lowest BCUT2D eigenvalue weighted by Crippen LogP contribution is -2.49. The number of hydrogen-bond acceptors (Lipinski definition) is 3. The van der Waals surface area contributed by atoms with E-state index in [0.29, 0.717) is 32.5 Å². The van der Waals surface area contributed by atoms with E-state index in [2.05, 4.69) is 6.92 Å². The van der Waals surface area contributed by atoms with E-state index in [1.165, 1.54) is 18.2 Å². The first-order chi connectivity index (χ1) is 12.4. The molecule has 142 valence electrons. The number of carbonyl (C=O) groups excluding carboxylic acids is 2. The molecule has 0 radical (unpaired) electrons. The minimum atomic E-state index is -0.616. The van der Waals surface area contributed by atoms with Gasteiger partial charge < -0.3 is 14.5 Å². The molecule has 2 saturated heterocycles. The first-order valence-corrected chi connectivity index (χ1v) is 9.47. The average molecular weight is 383 g/mol. The lowest BCUT2D eigenvalue weighted by atomic mass is 9.90. The Hall–Kier alpha value is -1.82. The number of carbonyl (C=O) groups is 2. The molecule has 3 rings (SSSR count). The summed E-state index contributed by atoms with van der Waals surface area (Å²) < 4.78 is 19.7. The van der Waals surface area contributed by atoms with Gasteiger partial charge in [-0.25, -0.2) is 9.18 Å². The largest absolute Gasteiger partial charge is 0.441 e. The van der Waals surface area contributed by atoms with Crippen LogP contribution >= 0.6 is 11.6 Å². The Morgan fingerprint density at radius 3 is 2.69 bits per heavy atom. The minimum absolute atomic E-state index is 0.0910. The van der Waals surface area contributed by atoms with Crippen molar-refractivity contribution in [2.45, 2.75) is 51.2 Å². The molecule has 1 aromatic rings. The topological polar surface area (TPSA) is 49.9 Å². The van der Waals surface area contributed by atoms with Gasteiger partial charge in [-0.2, -0.15) is 0 Å². The molecule has 2 fully saturated rings. The third-order valence-corrected chi connectivity index (χ3v) is 5.69. The number of piperidine rings is 1. The van der Waals surface area contributed by atoms with E-state index >= 15 is 0 Å². The van der Waals surface area contributed by atoms with Crippen molar-refractivity contribution in [1.29, 1.82) is 0 Å². The number of nitrogens with zero attached hydrogens (tertiary/aromatic N) is 2. The number of rotatable bonds is 4. The molecule has 2 aliphatic heterocycles. The highest BCUT2D eigenvalue weighted by molar-refractivity contribution is 6.33. The molecule has 7 heteroatoms. The zero-order valence-corrected chi connectivity index (χ0v) is 15.9. The van der Waals surface area contributed by atoms with Gasteiger partial charge >= 0.3 is 6.09 Å². The molecule has 1 atom stereocenters. The Morgan fingerprint density at radius 2 is 2.08 bits per heavy atom. The van der Waals surface area contributed by atoms with E-state index in [-0.39, 0.29) is 22.7 Å². The van der Waals surface area contributed by atoms with E-state index in [4.69, 9.17) is 16.3 Å². The highest BCUT2D eigenvalue weighted by Crippen LogP contribution is 2.35. The third-order valence-electron chi connectivity index (χ3n) is 5.37. The fourth-order valence-corrected chi connectivity index (χ4v) is 4.04. The van der Waals surface area contributed by atoms with Crippen LogP contribution < -0.4 is 0 Å². The zero-order valence-electron chi connectivity index (χ0n) is 15.1. The van der Waals surface area contributed by atoms with Gasteiger partial charge in [-0.1, -0.05) is 31.0 Å². The Balaban J connectivity index is 1.66. The summed E-state index contributed by atoms with van der Waals surface area (Å²) in [4.78, 5) is 28.3. The summed E-state index contributed by atoms with van der Waals surface area (Å²) in [5, 5.41) is 0.113. The van der Waals surface area contributed by atoms with Crippen molar-refractivity contribution in [3.05, 3.63) is 34.6 Å². The smallest absolute Gasteiger partial charge is 0.410 e. The van der Waals surface area contributed by atoms with Crippen LogP contribution in [0.4, 0.5) is 9.18 Å². The van der Waals surface area contributed by atoms with Gasteiger partial charge in [0.2, 0.25) is 0 Å². The van der Waals surface area contributed by atoms with Gasteiger partial charge in [0.1, 0.15) is 11.4 Å². The normalized spacial score (nSPS) is 20.4.